The zero-order chi connectivity index (χ0) is 19.9. The van der Waals surface area contributed by atoms with E-state index in [-0.39, 0.29) is 23.6 Å². The molecule has 10 heteroatoms. The fourth-order valence-corrected chi connectivity index (χ4v) is 5.26. The van der Waals surface area contributed by atoms with Crippen LogP contribution in [0.15, 0.2) is 22.7 Å². The fraction of sp³-hybridized carbons (Fsp3) is 0.588. The van der Waals surface area contributed by atoms with Crippen LogP contribution < -0.4 is 10.1 Å². The number of amides is 2. The molecular weight excluding hydrogens is 460 g/mol. The number of rotatable bonds is 9. The number of nitrogens with one attached hydrogen (secondary N) is 1. The summed E-state index contributed by atoms with van der Waals surface area (Å²) in [5.74, 6) is 0.718. The normalized spacial score (nSPS) is 18.3. The van der Waals surface area contributed by atoms with Crippen LogP contribution in [-0.2, 0) is 14.6 Å². The van der Waals surface area contributed by atoms with Crippen molar-refractivity contribution < 1.29 is 22.7 Å². The standard InChI is InChI=1S/C17H24BrClN2O5S/c1-25-9-7-21(14-5-10-27(23,24)12-14)17(22)20-6-2-8-26-16-4-3-13(18)11-15(16)19/h3-4,11,14H,2,5-10,12H2,1H3,(H,20,22). The van der Waals surface area contributed by atoms with E-state index in [2.05, 4.69) is 21.2 Å². The summed E-state index contributed by atoms with van der Waals surface area (Å²) in [4.78, 5) is 14.0. The number of ether oxygens (including phenoxy) is 2. The minimum absolute atomic E-state index is 0.00924. The van der Waals surface area contributed by atoms with Crippen molar-refractivity contribution in [1.29, 1.82) is 0 Å². The van der Waals surface area contributed by atoms with E-state index in [4.69, 9.17) is 21.1 Å². The summed E-state index contributed by atoms with van der Waals surface area (Å²) >= 11 is 9.42. The average molecular weight is 484 g/mol. The molecule has 0 radical (unpaired) electrons. The van der Waals surface area contributed by atoms with Crippen molar-refractivity contribution in [2.45, 2.75) is 18.9 Å². The zero-order valence-corrected chi connectivity index (χ0v) is 18.3. The van der Waals surface area contributed by atoms with Crippen LogP contribution in [0.4, 0.5) is 4.79 Å². The lowest BCUT2D eigenvalue weighted by molar-refractivity contribution is 0.133. The lowest BCUT2D eigenvalue weighted by Crippen LogP contribution is -2.48. The summed E-state index contributed by atoms with van der Waals surface area (Å²) in [5, 5.41) is 3.34. The van der Waals surface area contributed by atoms with Crippen molar-refractivity contribution in [2.24, 2.45) is 0 Å². The highest BCUT2D eigenvalue weighted by Gasteiger charge is 2.34. The highest BCUT2D eigenvalue weighted by molar-refractivity contribution is 9.10. The maximum Gasteiger partial charge on any atom is 0.317 e. The number of benzene rings is 1. The van der Waals surface area contributed by atoms with Crippen molar-refractivity contribution in [1.82, 2.24) is 10.2 Å². The summed E-state index contributed by atoms with van der Waals surface area (Å²) < 4.78 is 34.9. The minimum atomic E-state index is -3.06. The van der Waals surface area contributed by atoms with Gasteiger partial charge in [-0.05, 0) is 31.0 Å². The van der Waals surface area contributed by atoms with Gasteiger partial charge < -0.3 is 19.7 Å². The molecule has 27 heavy (non-hydrogen) atoms. The van der Waals surface area contributed by atoms with E-state index in [1.807, 2.05) is 6.07 Å². The van der Waals surface area contributed by atoms with Gasteiger partial charge in [-0.2, -0.15) is 0 Å². The number of carbonyl (C=O) groups excluding carboxylic acids is 1. The molecule has 1 N–H and O–H groups in total. The summed E-state index contributed by atoms with van der Waals surface area (Å²) in [5.41, 5.74) is 0. The van der Waals surface area contributed by atoms with Crippen LogP contribution in [0.1, 0.15) is 12.8 Å². The Labute approximate surface area is 173 Å². The molecule has 1 aromatic rings. The van der Waals surface area contributed by atoms with Crippen LogP contribution in [0.25, 0.3) is 0 Å². The third kappa shape index (κ3) is 7.14. The maximum absolute atomic E-state index is 12.5. The van der Waals surface area contributed by atoms with E-state index in [0.717, 1.165) is 4.47 Å². The van der Waals surface area contributed by atoms with Gasteiger partial charge in [0.15, 0.2) is 9.84 Å². The first-order valence-electron chi connectivity index (χ1n) is 8.64. The molecular formula is C17H24BrClN2O5S. The molecule has 0 aromatic heterocycles. The summed E-state index contributed by atoms with van der Waals surface area (Å²) in [6.45, 7) is 1.52. The quantitative estimate of drug-likeness (QED) is 0.546. The van der Waals surface area contributed by atoms with E-state index in [0.29, 0.717) is 49.9 Å². The number of nitrogens with zero attached hydrogens (tertiary/aromatic N) is 1. The molecule has 1 aromatic carbocycles. The van der Waals surface area contributed by atoms with Crippen molar-refractivity contribution in [3.63, 3.8) is 0 Å². The van der Waals surface area contributed by atoms with Crippen LogP contribution in [0.5, 0.6) is 5.75 Å². The second-order valence-electron chi connectivity index (χ2n) is 6.25. The molecule has 0 saturated carbocycles. The lowest BCUT2D eigenvalue weighted by Gasteiger charge is -2.28. The molecule has 2 rings (SSSR count). The van der Waals surface area contributed by atoms with Gasteiger partial charge in [0.25, 0.3) is 0 Å². The van der Waals surface area contributed by atoms with Gasteiger partial charge in [0.1, 0.15) is 5.75 Å². The van der Waals surface area contributed by atoms with E-state index < -0.39 is 9.84 Å². The second kappa shape index (κ2) is 10.5. The third-order valence-corrected chi connectivity index (χ3v) is 6.73. The molecule has 1 heterocycles. The van der Waals surface area contributed by atoms with Crippen molar-refractivity contribution in [3.05, 3.63) is 27.7 Å². The molecule has 1 saturated heterocycles. The minimum Gasteiger partial charge on any atom is -0.492 e. The first-order valence-corrected chi connectivity index (χ1v) is 11.6. The molecule has 0 spiro atoms. The molecule has 152 valence electrons. The second-order valence-corrected chi connectivity index (χ2v) is 9.80. The van der Waals surface area contributed by atoms with Gasteiger partial charge in [-0.15, -0.1) is 0 Å². The van der Waals surface area contributed by atoms with Gasteiger partial charge in [0, 0.05) is 30.7 Å². The van der Waals surface area contributed by atoms with Crippen LogP contribution in [0.3, 0.4) is 0 Å². The molecule has 0 aliphatic carbocycles. The van der Waals surface area contributed by atoms with Crippen molar-refractivity contribution in [3.8, 4) is 5.75 Å². The van der Waals surface area contributed by atoms with Crippen LogP contribution >= 0.6 is 27.5 Å². The summed E-state index contributed by atoms with van der Waals surface area (Å²) in [6.07, 6.45) is 1.06. The maximum atomic E-state index is 12.5. The Hall–Kier alpha value is -1.03. The predicted octanol–water partition coefficient (Wildman–Crippen LogP) is 2.72. The topological polar surface area (TPSA) is 84.9 Å². The van der Waals surface area contributed by atoms with Crippen LogP contribution in [0, 0.1) is 0 Å². The average Bonchev–Trinajstić information content (AvgIpc) is 2.96. The summed E-state index contributed by atoms with van der Waals surface area (Å²) in [6, 6.07) is 4.78. The third-order valence-electron chi connectivity index (χ3n) is 4.20. The fourth-order valence-electron chi connectivity index (χ4n) is 2.80. The first-order chi connectivity index (χ1) is 12.8. The largest absolute Gasteiger partial charge is 0.492 e. The predicted molar refractivity (Wildman–Crippen MR) is 108 cm³/mol. The van der Waals surface area contributed by atoms with Gasteiger partial charge >= 0.3 is 6.03 Å². The van der Waals surface area contributed by atoms with Gasteiger partial charge in [0.2, 0.25) is 0 Å². The Balaban J connectivity index is 1.77. The number of halogens is 2. The smallest absolute Gasteiger partial charge is 0.317 e. The molecule has 7 nitrogen and oxygen atoms in total. The number of sulfone groups is 1. The molecule has 1 aliphatic heterocycles. The number of hydrogen-bond donors (Lipinski definition) is 1. The highest BCUT2D eigenvalue weighted by atomic mass is 79.9. The molecule has 1 atom stereocenters. The Morgan fingerprint density at radius 3 is 2.81 bits per heavy atom. The first kappa shape index (κ1) is 22.3. The van der Waals surface area contributed by atoms with E-state index >= 15 is 0 Å². The number of carbonyl (C=O) groups is 1. The number of methoxy groups -OCH3 is 1. The molecule has 1 fully saturated rings. The molecule has 1 unspecified atom stereocenters. The van der Waals surface area contributed by atoms with E-state index in [1.54, 1.807) is 24.1 Å². The molecule has 1 aliphatic rings. The molecule has 2 amide bonds. The Kier molecular flexibility index (Phi) is 8.65. The van der Waals surface area contributed by atoms with E-state index in [9.17, 15) is 13.2 Å². The lowest BCUT2D eigenvalue weighted by atomic mass is 10.2. The number of urea groups is 1. The van der Waals surface area contributed by atoms with Crippen LogP contribution in [0.2, 0.25) is 5.02 Å². The van der Waals surface area contributed by atoms with Gasteiger partial charge in [-0.1, -0.05) is 27.5 Å². The van der Waals surface area contributed by atoms with Crippen molar-refractivity contribution >= 4 is 43.4 Å². The van der Waals surface area contributed by atoms with Gasteiger partial charge in [-0.25, -0.2) is 13.2 Å². The number of hydrogen-bond acceptors (Lipinski definition) is 5. The molecule has 0 bridgehead atoms. The Morgan fingerprint density at radius 2 is 2.19 bits per heavy atom. The van der Waals surface area contributed by atoms with Gasteiger partial charge in [0.05, 0.1) is 29.7 Å². The monoisotopic (exact) mass is 482 g/mol. The Bertz CT molecular complexity index is 747. The van der Waals surface area contributed by atoms with Gasteiger partial charge in [-0.3, -0.25) is 0 Å². The highest BCUT2D eigenvalue weighted by Crippen LogP contribution is 2.27. The van der Waals surface area contributed by atoms with Crippen molar-refractivity contribution in [2.75, 3.05) is 44.9 Å². The SMILES string of the molecule is COCCN(C(=O)NCCCOc1ccc(Br)cc1Cl)C1CCS(=O)(=O)C1. The van der Waals surface area contributed by atoms with E-state index in [1.165, 1.54) is 0 Å². The summed E-state index contributed by atoms with van der Waals surface area (Å²) in [7, 11) is -1.52. The zero-order valence-electron chi connectivity index (χ0n) is 15.1. The Morgan fingerprint density at radius 1 is 1.41 bits per heavy atom. The van der Waals surface area contributed by atoms with Crippen LogP contribution in [-0.4, -0.2) is 70.3 Å².